The van der Waals surface area contributed by atoms with E-state index in [9.17, 15) is 5.11 Å². The first kappa shape index (κ1) is 15.9. The zero-order valence-electron chi connectivity index (χ0n) is 12.4. The van der Waals surface area contributed by atoms with E-state index in [1.54, 1.807) is 0 Å². The van der Waals surface area contributed by atoms with Gasteiger partial charge in [-0.1, -0.05) is 13.8 Å². The van der Waals surface area contributed by atoms with Crippen LogP contribution in [0.15, 0.2) is 0 Å². The minimum absolute atomic E-state index is 0.173. The third-order valence-corrected chi connectivity index (χ3v) is 3.82. The number of rotatable bonds is 7. The van der Waals surface area contributed by atoms with Crippen LogP contribution in [0.5, 0.6) is 0 Å². The Balaban J connectivity index is 2.36. The summed E-state index contributed by atoms with van der Waals surface area (Å²) in [4.78, 5) is 2.42. The molecule has 0 aromatic heterocycles. The highest BCUT2D eigenvalue weighted by Crippen LogP contribution is 2.16. The van der Waals surface area contributed by atoms with Gasteiger partial charge in [0.15, 0.2) is 0 Å². The maximum absolute atomic E-state index is 9.56. The van der Waals surface area contributed by atoms with Crippen LogP contribution in [-0.4, -0.2) is 61.0 Å². The lowest BCUT2D eigenvalue weighted by atomic mass is 9.96. The fourth-order valence-electron chi connectivity index (χ4n) is 2.63. The zero-order chi connectivity index (χ0) is 13.6. The Kier molecular flexibility index (Phi) is 6.57. The molecule has 0 aromatic rings. The number of ether oxygens (including phenoxy) is 1. The van der Waals surface area contributed by atoms with Crippen molar-refractivity contribution in [1.82, 2.24) is 10.2 Å². The number of nitrogens with one attached hydrogen (secondary N) is 1. The van der Waals surface area contributed by atoms with Crippen LogP contribution in [0.1, 0.15) is 40.0 Å². The molecular weight excluding hydrogens is 228 g/mol. The molecule has 18 heavy (non-hydrogen) atoms. The van der Waals surface area contributed by atoms with Crippen LogP contribution in [0, 0.1) is 0 Å². The molecule has 1 aliphatic heterocycles. The van der Waals surface area contributed by atoms with Gasteiger partial charge in [0.25, 0.3) is 0 Å². The summed E-state index contributed by atoms with van der Waals surface area (Å²) in [6, 6.07) is 1.04. The molecule has 1 heterocycles. The molecule has 0 saturated carbocycles. The summed E-state index contributed by atoms with van der Waals surface area (Å²) in [5.74, 6) is 0. The lowest BCUT2D eigenvalue weighted by Gasteiger charge is -2.36. The van der Waals surface area contributed by atoms with Crippen molar-refractivity contribution in [2.24, 2.45) is 0 Å². The monoisotopic (exact) mass is 258 g/mol. The van der Waals surface area contributed by atoms with Crippen LogP contribution in [-0.2, 0) is 4.74 Å². The minimum atomic E-state index is -0.173. The minimum Gasteiger partial charge on any atom is -0.394 e. The Morgan fingerprint density at radius 2 is 2.00 bits per heavy atom. The summed E-state index contributed by atoms with van der Waals surface area (Å²) in [5.41, 5.74) is -0.173. The molecule has 1 rings (SSSR count). The van der Waals surface area contributed by atoms with E-state index in [0.29, 0.717) is 12.1 Å². The van der Waals surface area contributed by atoms with E-state index >= 15 is 0 Å². The summed E-state index contributed by atoms with van der Waals surface area (Å²) in [5, 5.41) is 13.0. The molecule has 0 aliphatic carbocycles. The van der Waals surface area contributed by atoms with Gasteiger partial charge in [0.2, 0.25) is 0 Å². The summed E-state index contributed by atoms with van der Waals surface area (Å²) in [6.45, 7) is 9.32. The Hall–Kier alpha value is -0.160. The van der Waals surface area contributed by atoms with E-state index in [2.05, 4.69) is 38.0 Å². The van der Waals surface area contributed by atoms with E-state index in [0.717, 1.165) is 39.0 Å². The fourth-order valence-corrected chi connectivity index (χ4v) is 2.63. The van der Waals surface area contributed by atoms with Crippen molar-refractivity contribution in [2.75, 3.05) is 33.4 Å². The van der Waals surface area contributed by atoms with E-state index in [4.69, 9.17) is 4.74 Å². The Labute approximate surface area is 112 Å². The first-order chi connectivity index (χ1) is 8.47. The maximum Gasteiger partial charge on any atom is 0.0611 e. The molecule has 1 atom stereocenters. The topological polar surface area (TPSA) is 44.7 Å². The lowest BCUT2D eigenvalue weighted by Crippen LogP contribution is -2.51. The van der Waals surface area contributed by atoms with E-state index in [1.165, 1.54) is 0 Å². The molecule has 0 radical (unpaired) electrons. The van der Waals surface area contributed by atoms with Crippen molar-refractivity contribution in [1.29, 1.82) is 0 Å². The second kappa shape index (κ2) is 7.43. The van der Waals surface area contributed by atoms with Crippen molar-refractivity contribution in [2.45, 2.75) is 57.7 Å². The summed E-state index contributed by atoms with van der Waals surface area (Å²) in [7, 11) is 2.18. The van der Waals surface area contributed by atoms with E-state index < -0.39 is 0 Å². The van der Waals surface area contributed by atoms with Crippen molar-refractivity contribution >= 4 is 0 Å². The highest BCUT2D eigenvalue weighted by atomic mass is 16.5. The quantitative estimate of drug-likeness (QED) is 0.721. The van der Waals surface area contributed by atoms with Gasteiger partial charge in [-0.05, 0) is 39.8 Å². The third kappa shape index (κ3) is 5.22. The predicted octanol–water partition coefficient (Wildman–Crippen LogP) is 1.24. The summed E-state index contributed by atoms with van der Waals surface area (Å²) in [6.07, 6.45) is 3.23. The van der Waals surface area contributed by atoms with Gasteiger partial charge in [-0.3, -0.25) is 0 Å². The molecule has 0 amide bonds. The van der Waals surface area contributed by atoms with Crippen LogP contribution in [0.2, 0.25) is 0 Å². The highest BCUT2D eigenvalue weighted by molar-refractivity contribution is 4.85. The predicted molar refractivity (Wildman–Crippen MR) is 74.9 cm³/mol. The number of aliphatic hydroxyl groups excluding tert-OH is 1. The molecular formula is C14H30N2O2. The Bertz CT molecular complexity index is 230. The van der Waals surface area contributed by atoms with Gasteiger partial charge in [0.05, 0.1) is 6.61 Å². The fraction of sp³-hybridized carbons (Fsp3) is 1.00. The second-order valence-corrected chi connectivity index (χ2v) is 6.09. The molecule has 1 fully saturated rings. The van der Waals surface area contributed by atoms with Gasteiger partial charge < -0.3 is 20.1 Å². The molecule has 0 spiro atoms. The summed E-state index contributed by atoms with van der Waals surface area (Å²) < 4.78 is 5.39. The van der Waals surface area contributed by atoms with Crippen LogP contribution in [0.3, 0.4) is 0 Å². The van der Waals surface area contributed by atoms with E-state index in [1.807, 2.05) is 0 Å². The molecule has 1 unspecified atom stereocenters. The molecule has 1 saturated heterocycles. The first-order valence-corrected chi connectivity index (χ1v) is 7.13. The largest absolute Gasteiger partial charge is 0.394 e. The average molecular weight is 258 g/mol. The number of hydrogen-bond acceptors (Lipinski definition) is 4. The van der Waals surface area contributed by atoms with Gasteiger partial charge in [-0.15, -0.1) is 0 Å². The second-order valence-electron chi connectivity index (χ2n) is 6.09. The van der Waals surface area contributed by atoms with Crippen LogP contribution >= 0.6 is 0 Å². The number of hydrogen-bond donors (Lipinski definition) is 2. The zero-order valence-corrected chi connectivity index (χ0v) is 12.4. The van der Waals surface area contributed by atoms with Crippen molar-refractivity contribution in [3.63, 3.8) is 0 Å². The number of aliphatic hydroxyl groups is 1. The van der Waals surface area contributed by atoms with Crippen LogP contribution in [0.4, 0.5) is 0 Å². The van der Waals surface area contributed by atoms with Crippen LogP contribution in [0.25, 0.3) is 0 Å². The highest BCUT2D eigenvalue weighted by Gasteiger charge is 2.26. The molecule has 4 heteroatoms. The van der Waals surface area contributed by atoms with Gasteiger partial charge >= 0.3 is 0 Å². The SMILES string of the molecule is CC(C)NC(C)(CO)CCN(C)C1CCOCC1. The molecule has 0 aromatic carbocycles. The van der Waals surface area contributed by atoms with Gasteiger partial charge in [0.1, 0.15) is 0 Å². The Morgan fingerprint density at radius 3 is 2.50 bits per heavy atom. The normalized spacial score (nSPS) is 21.5. The summed E-state index contributed by atoms with van der Waals surface area (Å²) >= 11 is 0. The maximum atomic E-state index is 9.56. The first-order valence-electron chi connectivity index (χ1n) is 7.13. The molecule has 2 N–H and O–H groups in total. The van der Waals surface area contributed by atoms with Crippen LogP contribution < -0.4 is 5.32 Å². The van der Waals surface area contributed by atoms with Crippen molar-refractivity contribution in [3.05, 3.63) is 0 Å². The molecule has 0 bridgehead atoms. The number of nitrogens with zero attached hydrogens (tertiary/aromatic N) is 1. The molecule has 108 valence electrons. The molecule has 1 aliphatic rings. The Morgan fingerprint density at radius 1 is 1.39 bits per heavy atom. The lowest BCUT2D eigenvalue weighted by molar-refractivity contribution is 0.0380. The van der Waals surface area contributed by atoms with Gasteiger partial charge in [0, 0.05) is 30.8 Å². The molecule has 4 nitrogen and oxygen atoms in total. The smallest absolute Gasteiger partial charge is 0.0611 e. The van der Waals surface area contributed by atoms with E-state index in [-0.39, 0.29) is 12.1 Å². The average Bonchev–Trinajstić information content (AvgIpc) is 2.36. The van der Waals surface area contributed by atoms with Gasteiger partial charge in [-0.25, -0.2) is 0 Å². The van der Waals surface area contributed by atoms with Gasteiger partial charge in [-0.2, -0.15) is 0 Å². The standard InChI is InChI=1S/C14H30N2O2/c1-12(2)15-14(3,11-17)7-8-16(4)13-5-9-18-10-6-13/h12-13,15,17H,5-11H2,1-4H3. The van der Waals surface area contributed by atoms with Crippen molar-refractivity contribution in [3.8, 4) is 0 Å². The van der Waals surface area contributed by atoms with Crippen molar-refractivity contribution < 1.29 is 9.84 Å². The third-order valence-electron chi connectivity index (χ3n) is 3.82.